The van der Waals surface area contributed by atoms with E-state index < -0.39 is 0 Å². The van der Waals surface area contributed by atoms with Crippen molar-refractivity contribution in [3.8, 4) is 0 Å². The Hall–Kier alpha value is -1.56. The van der Waals surface area contributed by atoms with E-state index in [4.69, 9.17) is 11.6 Å². The minimum absolute atomic E-state index is 0.0143. The van der Waals surface area contributed by atoms with Crippen LogP contribution in [0.3, 0.4) is 0 Å². The summed E-state index contributed by atoms with van der Waals surface area (Å²) in [4.78, 5) is 19.1. The van der Waals surface area contributed by atoms with Crippen molar-refractivity contribution in [1.82, 2.24) is 9.97 Å². The first kappa shape index (κ1) is 13.5. The van der Waals surface area contributed by atoms with Crippen LogP contribution in [0, 0.1) is 0 Å². The first-order chi connectivity index (χ1) is 8.17. The van der Waals surface area contributed by atoms with E-state index in [2.05, 4.69) is 25.3 Å². The van der Waals surface area contributed by atoms with Crippen LogP contribution in [0.25, 0.3) is 0 Å². The third-order valence-corrected chi connectivity index (χ3v) is 2.18. The summed E-state index contributed by atoms with van der Waals surface area (Å²) < 4.78 is 4.50. The Morgan fingerprint density at radius 2 is 2.29 bits per heavy atom. The molecule has 0 atom stereocenters. The van der Waals surface area contributed by atoms with E-state index in [-0.39, 0.29) is 12.5 Å². The largest absolute Gasteiger partial charge is 0.468 e. The molecule has 0 saturated carbocycles. The van der Waals surface area contributed by atoms with E-state index in [0.717, 1.165) is 13.0 Å². The fourth-order valence-corrected chi connectivity index (χ4v) is 1.20. The molecule has 2 N–H and O–H groups in total. The fourth-order valence-electron chi connectivity index (χ4n) is 1.04. The number of rotatable bonds is 6. The van der Waals surface area contributed by atoms with Gasteiger partial charge in [-0.25, -0.2) is 4.98 Å². The summed E-state index contributed by atoms with van der Waals surface area (Å²) in [6.07, 6.45) is 2.45. The summed E-state index contributed by atoms with van der Waals surface area (Å²) in [5.41, 5.74) is 0. The number of anilines is 2. The van der Waals surface area contributed by atoms with Gasteiger partial charge < -0.3 is 15.4 Å². The van der Waals surface area contributed by atoms with E-state index in [1.165, 1.54) is 13.3 Å². The Labute approximate surface area is 105 Å². The molecule has 0 aliphatic heterocycles. The van der Waals surface area contributed by atoms with E-state index in [0.29, 0.717) is 16.8 Å². The van der Waals surface area contributed by atoms with Gasteiger partial charge in [0.2, 0.25) is 5.95 Å². The van der Waals surface area contributed by atoms with Crippen molar-refractivity contribution < 1.29 is 9.53 Å². The number of carbonyl (C=O) groups is 1. The molecule has 0 bridgehead atoms. The molecule has 1 rings (SSSR count). The Morgan fingerprint density at radius 3 is 2.94 bits per heavy atom. The quantitative estimate of drug-likeness (QED) is 0.754. The molecule has 1 aromatic rings. The van der Waals surface area contributed by atoms with E-state index in [9.17, 15) is 4.79 Å². The molecule has 0 aromatic carbocycles. The number of halogens is 1. The third-order valence-electron chi connectivity index (χ3n) is 1.91. The van der Waals surface area contributed by atoms with Crippen LogP contribution in [0.1, 0.15) is 13.3 Å². The van der Waals surface area contributed by atoms with Crippen molar-refractivity contribution in [3.05, 3.63) is 11.2 Å². The van der Waals surface area contributed by atoms with Gasteiger partial charge in [0.05, 0.1) is 13.3 Å². The zero-order valence-corrected chi connectivity index (χ0v) is 10.5. The van der Waals surface area contributed by atoms with Gasteiger partial charge in [0.1, 0.15) is 11.6 Å². The molecule has 17 heavy (non-hydrogen) atoms. The van der Waals surface area contributed by atoms with Gasteiger partial charge in [0, 0.05) is 6.54 Å². The van der Waals surface area contributed by atoms with Gasteiger partial charge >= 0.3 is 5.97 Å². The Bertz CT molecular complexity index is 387. The molecular formula is C10H15ClN4O2. The maximum Gasteiger partial charge on any atom is 0.325 e. The molecule has 0 saturated heterocycles. The summed E-state index contributed by atoms with van der Waals surface area (Å²) in [6, 6.07) is 0. The number of aromatic nitrogens is 2. The number of hydrogen-bond donors (Lipinski definition) is 2. The molecule has 0 amide bonds. The smallest absolute Gasteiger partial charge is 0.325 e. The number of esters is 1. The van der Waals surface area contributed by atoms with Crippen molar-refractivity contribution >= 4 is 29.3 Å². The molecule has 0 aliphatic rings. The predicted octanol–water partition coefficient (Wildman–Crippen LogP) is 1.54. The highest BCUT2D eigenvalue weighted by atomic mass is 35.5. The highest BCUT2D eigenvalue weighted by Gasteiger charge is 2.07. The predicted molar refractivity (Wildman–Crippen MR) is 66.3 cm³/mol. The van der Waals surface area contributed by atoms with Crippen LogP contribution in [-0.4, -0.2) is 36.1 Å². The first-order valence-corrected chi connectivity index (χ1v) is 5.62. The SMILES string of the molecule is CCCNc1ncc(Cl)c(NCC(=O)OC)n1. The zero-order valence-electron chi connectivity index (χ0n) is 9.79. The van der Waals surface area contributed by atoms with Crippen LogP contribution in [0.15, 0.2) is 6.20 Å². The normalized spacial score (nSPS) is 9.82. The Kier molecular flexibility index (Phi) is 5.48. The topological polar surface area (TPSA) is 76.1 Å². The monoisotopic (exact) mass is 258 g/mol. The molecular weight excluding hydrogens is 244 g/mol. The average molecular weight is 259 g/mol. The van der Waals surface area contributed by atoms with Gasteiger partial charge in [-0.2, -0.15) is 4.98 Å². The van der Waals surface area contributed by atoms with Crippen molar-refractivity contribution in [1.29, 1.82) is 0 Å². The van der Waals surface area contributed by atoms with Gasteiger partial charge in [-0.15, -0.1) is 0 Å². The van der Waals surface area contributed by atoms with Crippen LogP contribution in [-0.2, 0) is 9.53 Å². The third kappa shape index (κ3) is 4.44. The van der Waals surface area contributed by atoms with Crippen LogP contribution >= 0.6 is 11.6 Å². The second-order valence-electron chi connectivity index (χ2n) is 3.25. The lowest BCUT2D eigenvalue weighted by Crippen LogP contribution is -2.16. The molecule has 94 valence electrons. The van der Waals surface area contributed by atoms with Crippen LogP contribution in [0.5, 0.6) is 0 Å². The van der Waals surface area contributed by atoms with Crippen molar-refractivity contribution in [2.24, 2.45) is 0 Å². The zero-order chi connectivity index (χ0) is 12.7. The lowest BCUT2D eigenvalue weighted by molar-refractivity contribution is -0.138. The van der Waals surface area contributed by atoms with Gasteiger partial charge in [-0.05, 0) is 6.42 Å². The number of nitrogens with one attached hydrogen (secondary N) is 2. The first-order valence-electron chi connectivity index (χ1n) is 5.24. The lowest BCUT2D eigenvalue weighted by Gasteiger charge is -2.08. The summed E-state index contributed by atoms with van der Waals surface area (Å²) in [5, 5.41) is 6.17. The Balaban J connectivity index is 2.65. The highest BCUT2D eigenvalue weighted by molar-refractivity contribution is 6.32. The molecule has 0 fully saturated rings. The molecule has 0 spiro atoms. The molecule has 0 radical (unpaired) electrons. The van der Waals surface area contributed by atoms with Crippen molar-refractivity contribution in [2.45, 2.75) is 13.3 Å². The van der Waals surface area contributed by atoms with Crippen molar-refractivity contribution in [3.63, 3.8) is 0 Å². The Morgan fingerprint density at radius 1 is 1.53 bits per heavy atom. The average Bonchev–Trinajstić information content (AvgIpc) is 2.35. The standard InChI is InChI=1S/C10H15ClN4O2/c1-3-4-12-10-14-5-7(11)9(15-10)13-6-8(16)17-2/h5H,3-4,6H2,1-2H3,(H2,12,13,14,15). The number of hydrogen-bond acceptors (Lipinski definition) is 6. The highest BCUT2D eigenvalue weighted by Crippen LogP contribution is 2.18. The second kappa shape index (κ2) is 6.90. The second-order valence-corrected chi connectivity index (χ2v) is 3.65. The molecule has 1 heterocycles. The number of carbonyl (C=O) groups excluding carboxylic acids is 1. The molecule has 0 aliphatic carbocycles. The summed E-state index contributed by atoms with van der Waals surface area (Å²) in [6.45, 7) is 2.83. The van der Waals surface area contributed by atoms with Crippen molar-refractivity contribution in [2.75, 3.05) is 30.8 Å². The maximum absolute atomic E-state index is 11.0. The van der Waals surface area contributed by atoms with Gasteiger partial charge in [-0.1, -0.05) is 18.5 Å². The van der Waals surface area contributed by atoms with Crippen LogP contribution in [0.2, 0.25) is 5.02 Å². The van der Waals surface area contributed by atoms with E-state index in [1.54, 1.807) is 0 Å². The molecule has 7 heteroatoms. The minimum Gasteiger partial charge on any atom is -0.468 e. The summed E-state index contributed by atoms with van der Waals surface area (Å²) >= 11 is 5.89. The number of nitrogens with zero attached hydrogens (tertiary/aromatic N) is 2. The van der Waals surface area contributed by atoms with Crippen LogP contribution in [0.4, 0.5) is 11.8 Å². The van der Waals surface area contributed by atoms with E-state index >= 15 is 0 Å². The number of methoxy groups -OCH3 is 1. The maximum atomic E-state index is 11.0. The summed E-state index contributed by atoms with van der Waals surface area (Å²) in [5.74, 6) is 0.497. The van der Waals surface area contributed by atoms with Gasteiger partial charge in [0.25, 0.3) is 0 Å². The molecule has 1 aromatic heterocycles. The summed E-state index contributed by atoms with van der Waals surface area (Å²) in [7, 11) is 1.32. The molecule has 0 unspecified atom stereocenters. The van der Waals surface area contributed by atoms with Gasteiger partial charge in [-0.3, -0.25) is 4.79 Å². The van der Waals surface area contributed by atoms with Gasteiger partial charge in [0.15, 0.2) is 5.82 Å². The number of ether oxygens (including phenoxy) is 1. The van der Waals surface area contributed by atoms with E-state index in [1.807, 2.05) is 6.92 Å². The lowest BCUT2D eigenvalue weighted by atomic mass is 10.5. The minimum atomic E-state index is -0.386. The molecule has 6 nitrogen and oxygen atoms in total. The fraction of sp³-hybridized carbons (Fsp3) is 0.500. The van der Waals surface area contributed by atoms with Crippen LogP contribution < -0.4 is 10.6 Å².